The molecule has 0 unspecified atom stereocenters. The monoisotopic (exact) mass is 994 g/mol. The van der Waals surface area contributed by atoms with Crippen LogP contribution in [0.2, 0.25) is 0 Å². The third-order valence-electron chi connectivity index (χ3n) is 10.7. The maximum absolute atomic E-state index is 14.2. The number of carbonyl (C=O) groups excluding carboxylic acids is 8. The van der Waals surface area contributed by atoms with Crippen LogP contribution in [-0.4, -0.2) is 134 Å². The fourth-order valence-electron chi connectivity index (χ4n) is 7.08. The van der Waals surface area contributed by atoms with Crippen molar-refractivity contribution in [2.45, 2.75) is 115 Å². The number of hydrogen-bond donors (Lipinski definition) is 14. The number of carbonyl (C=O) groups is 8. The first-order valence-corrected chi connectivity index (χ1v) is 23.5. The van der Waals surface area contributed by atoms with Crippen LogP contribution in [0.4, 0.5) is 0 Å². The van der Waals surface area contributed by atoms with Gasteiger partial charge in [0.25, 0.3) is 0 Å². The standard InChI is InChI=1S/C47H75N15O9/c1-27(2)21-34(40(48)66)61-43(69)33(14-10-20-55-47(51)52)59-42(68)32(13-9-19-54-46(49)50)60-44(70)36(22-28(3)4)62-45(71)37(24-29-11-7-6-8-12-29)58-39(65)26-56-38(64)25-57-41(67)35(53-5)23-30-15-17-31(63)18-16-30/h6-8,11-12,15-18,27-28,32-37,53,63H,9-10,13-14,19-26H2,1-5H3,(H2,48,66)(H,56,64)(H,57,67)(H,58,65)(H,59,68)(H,60,70)(H,61,69)(H,62,71)(H4,49,50,54)(H4,51,52,55)/t32-,33-,34-,35-,36-,37+/m0/s1. The number of guanidine groups is 2. The van der Waals surface area contributed by atoms with Crippen LogP contribution in [-0.2, 0) is 51.2 Å². The second kappa shape index (κ2) is 31.6. The lowest BCUT2D eigenvalue weighted by molar-refractivity contribution is -0.135. The molecular weight excluding hydrogens is 919 g/mol. The molecule has 2 aromatic carbocycles. The fraction of sp³-hybridized carbons (Fsp3) is 0.532. The van der Waals surface area contributed by atoms with Gasteiger partial charge in [-0.15, -0.1) is 0 Å². The van der Waals surface area contributed by atoms with Crippen LogP contribution >= 0.6 is 0 Å². The Labute approximate surface area is 414 Å². The number of nitrogens with one attached hydrogen (secondary N) is 8. The lowest BCUT2D eigenvalue weighted by Crippen LogP contribution is -2.59. The summed E-state index contributed by atoms with van der Waals surface area (Å²) in [4.78, 5) is 115. The number of aromatic hydroxyl groups is 1. The van der Waals surface area contributed by atoms with Gasteiger partial charge in [0.05, 0.1) is 19.1 Å². The quantitative estimate of drug-likeness (QED) is 0.0199. The first kappa shape index (κ1) is 59.6. The number of aliphatic imine (C=N–C) groups is 2. The Hall–Kier alpha value is -7.50. The molecule has 0 fully saturated rings. The van der Waals surface area contributed by atoms with Gasteiger partial charge in [0.15, 0.2) is 11.9 Å². The third-order valence-corrected chi connectivity index (χ3v) is 10.7. The first-order chi connectivity index (χ1) is 33.6. The van der Waals surface area contributed by atoms with E-state index < -0.39 is 96.6 Å². The molecule has 8 amide bonds. The summed E-state index contributed by atoms with van der Waals surface area (Å²) in [5, 5.41) is 30.8. The van der Waals surface area contributed by atoms with Crippen molar-refractivity contribution in [2.24, 2.45) is 50.5 Å². The Balaban J connectivity index is 2.29. The molecule has 6 atom stereocenters. The summed E-state index contributed by atoms with van der Waals surface area (Å²) in [5.41, 5.74) is 29.0. The van der Waals surface area contributed by atoms with Crippen LogP contribution in [0.5, 0.6) is 5.75 Å². The maximum Gasteiger partial charge on any atom is 0.243 e. The van der Waals surface area contributed by atoms with Crippen molar-refractivity contribution in [1.29, 1.82) is 0 Å². The summed E-state index contributed by atoms with van der Waals surface area (Å²) in [7, 11) is 1.59. The van der Waals surface area contributed by atoms with E-state index in [9.17, 15) is 43.5 Å². The van der Waals surface area contributed by atoms with Crippen LogP contribution in [0.15, 0.2) is 64.6 Å². The van der Waals surface area contributed by atoms with Gasteiger partial charge >= 0.3 is 0 Å². The average molecular weight is 994 g/mol. The molecule has 0 aliphatic rings. The molecule has 19 N–H and O–H groups in total. The van der Waals surface area contributed by atoms with Gasteiger partial charge in [0, 0.05) is 19.5 Å². The number of nitrogens with zero attached hydrogens (tertiary/aromatic N) is 2. The summed E-state index contributed by atoms with van der Waals surface area (Å²) in [6, 6.07) is 8.34. The zero-order valence-corrected chi connectivity index (χ0v) is 41.3. The Morgan fingerprint density at radius 1 is 0.507 bits per heavy atom. The number of phenolic OH excluding ortho intramolecular Hbond substituents is 1. The fourth-order valence-corrected chi connectivity index (χ4v) is 7.08. The molecule has 0 bridgehead atoms. The van der Waals surface area contributed by atoms with Gasteiger partial charge in [0.2, 0.25) is 47.3 Å². The smallest absolute Gasteiger partial charge is 0.243 e. The maximum atomic E-state index is 14.2. The molecule has 392 valence electrons. The lowest BCUT2D eigenvalue weighted by Gasteiger charge is -2.28. The number of hydrogen-bond acceptors (Lipinski definition) is 12. The number of nitrogens with two attached hydrogens (primary N) is 5. The summed E-state index contributed by atoms with van der Waals surface area (Å²) in [6.45, 7) is 6.52. The molecule has 0 radical (unpaired) electrons. The highest BCUT2D eigenvalue weighted by Gasteiger charge is 2.33. The van der Waals surface area contributed by atoms with E-state index in [0.29, 0.717) is 5.56 Å². The van der Waals surface area contributed by atoms with Crippen LogP contribution in [0.3, 0.4) is 0 Å². The minimum absolute atomic E-state index is 0.0128. The van der Waals surface area contributed by atoms with Gasteiger partial charge in [-0.3, -0.25) is 48.3 Å². The minimum atomic E-state index is -1.30. The van der Waals surface area contributed by atoms with E-state index >= 15 is 0 Å². The molecule has 0 aliphatic carbocycles. The van der Waals surface area contributed by atoms with Gasteiger partial charge in [-0.2, -0.15) is 0 Å². The molecule has 0 saturated heterocycles. The van der Waals surface area contributed by atoms with Gasteiger partial charge in [-0.05, 0) is 87.1 Å². The molecule has 0 aromatic heterocycles. The van der Waals surface area contributed by atoms with Crippen molar-refractivity contribution in [3.63, 3.8) is 0 Å². The van der Waals surface area contributed by atoms with Crippen molar-refractivity contribution in [1.82, 2.24) is 42.5 Å². The molecular formula is C47H75N15O9. The Morgan fingerprint density at radius 2 is 0.944 bits per heavy atom. The number of primary amides is 1. The highest BCUT2D eigenvalue weighted by molar-refractivity contribution is 5.97. The van der Waals surface area contributed by atoms with Crippen LogP contribution < -0.4 is 71.2 Å². The highest BCUT2D eigenvalue weighted by Crippen LogP contribution is 2.13. The van der Waals surface area contributed by atoms with E-state index in [2.05, 4.69) is 52.5 Å². The second-order valence-electron chi connectivity index (χ2n) is 17.8. The highest BCUT2D eigenvalue weighted by atomic mass is 16.3. The number of amides is 8. The molecule has 2 rings (SSSR count). The molecule has 0 heterocycles. The van der Waals surface area contributed by atoms with Gasteiger partial charge in [0.1, 0.15) is 36.0 Å². The van der Waals surface area contributed by atoms with E-state index in [-0.39, 0.29) is 94.0 Å². The van der Waals surface area contributed by atoms with Crippen molar-refractivity contribution < 1.29 is 43.5 Å². The number of likely N-dealkylation sites (N-methyl/N-ethyl adjacent to an activating group) is 1. The molecule has 24 nitrogen and oxygen atoms in total. The Morgan fingerprint density at radius 3 is 1.44 bits per heavy atom. The molecule has 0 spiro atoms. The Bertz CT molecular complexity index is 2110. The van der Waals surface area contributed by atoms with Gasteiger partial charge < -0.3 is 76.3 Å². The van der Waals surface area contributed by atoms with E-state index in [4.69, 9.17) is 28.7 Å². The third kappa shape index (κ3) is 24.6. The van der Waals surface area contributed by atoms with Crippen LogP contribution in [0.25, 0.3) is 0 Å². The topological polar surface area (TPSA) is 408 Å². The lowest BCUT2D eigenvalue weighted by atomic mass is 10.00. The van der Waals surface area contributed by atoms with E-state index in [0.717, 1.165) is 5.56 Å². The Kier molecular flexibility index (Phi) is 26.5. The first-order valence-electron chi connectivity index (χ1n) is 23.5. The normalized spacial score (nSPS) is 13.5. The van der Waals surface area contributed by atoms with E-state index in [1.165, 1.54) is 12.1 Å². The predicted octanol–water partition coefficient (Wildman–Crippen LogP) is -2.89. The zero-order valence-electron chi connectivity index (χ0n) is 41.3. The SMILES string of the molecule is CN[C@@H](Cc1ccc(O)cc1)C(=O)NCC(=O)NCC(=O)N[C@H](Cc1ccccc1)C(=O)N[C@@H](CC(C)C)C(=O)N[C@@H](CCCN=C(N)N)C(=O)N[C@@H](CCCN=C(N)N)C(=O)N[C@@H](CC(C)C)C(N)=O. The summed E-state index contributed by atoms with van der Waals surface area (Å²) < 4.78 is 0. The zero-order chi connectivity index (χ0) is 53.0. The van der Waals surface area contributed by atoms with Crippen molar-refractivity contribution in [3.05, 3.63) is 65.7 Å². The molecule has 71 heavy (non-hydrogen) atoms. The van der Waals surface area contributed by atoms with Gasteiger partial charge in [-0.1, -0.05) is 70.2 Å². The summed E-state index contributed by atoms with van der Waals surface area (Å²) in [6.07, 6.45) is 1.03. The average Bonchev–Trinajstić information content (AvgIpc) is 3.30. The second-order valence-corrected chi connectivity index (χ2v) is 17.8. The van der Waals surface area contributed by atoms with Gasteiger partial charge in [-0.25, -0.2) is 0 Å². The van der Waals surface area contributed by atoms with E-state index in [1.54, 1.807) is 49.5 Å². The predicted molar refractivity (Wildman–Crippen MR) is 268 cm³/mol. The number of benzene rings is 2. The van der Waals surface area contributed by atoms with Crippen LogP contribution in [0, 0.1) is 11.8 Å². The number of rotatable bonds is 32. The van der Waals surface area contributed by atoms with Crippen molar-refractivity contribution in [2.75, 3.05) is 33.2 Å². The van der Waals surface area contributed by atoms with Crippen LogP contribution in [0.1, 0.15) is 77.3 Å². The summed E-state index contributed by atoms with van der Waals surface area (Å²) in [5.74, 6) is -6.11. The molecule has 0 saturated carbocycles. The molecule has 0 aliphatic heterocycles. The van der Waals surface area contributed by atoms with E-state index in [1.807, 2.05) is 27.7 Å². The summed E-state index contributed by atoms with van der Waals surface area (Å²) >= 11 is 0. The van der Waals surface area contributed by atoms with Crippen molar-refractivity contribution in [3.8, 4) is 5.75 Å². The largest absolute Gasteiger partial charge is 0.508 e. The molecule has 2 aromatic rings. The number of phenols is 1. The minimum Gasteiger partial charge on any atom is -0.508 e. The molecule has 24 heteroatoms. The van der Waals surface area contributed by atoms with Crippen molar-refractivity contribution >= 4 is 59.2 Å².